The molecule has 5 unspecified atom stereocenters. The van der Waals surface area contributed by atoms with E-state index < -0.39 is 12.2 Å². The topological polar surface area (TPSA) is 67.5 Å². The highest BCUT2D eigenvalue weighted by Gasteiger charge is 2.58. The van der Waals surface area contributed by atoms with Crippen LogP contribution in [0.2, 0.25) is 0 Å². The standard InChI is InChI=1S/C30H33FN2O3/c31-23-8-4-7-22-25-15-32-17-33(25)24(28(22)23)11-27(35)30-12-18-9-20(13-30)29(21(10-18)14-30)36-16-26(34)19-5-2-1-3-6-19/h1-8,15,17-18,20-21,24,26-27,29,34-35H,9-14,16H2. The van der Waals surface area contributed by atoms with Crippen LogP contribution in [0.5, 0.6) is 0 Å². The molecule has 2 heterocycles. The van der Waals surface area contributed by atoms with Gasteiger partial charge in [-0.1, -0.05) is 42.5 Å². The van der Waals surface area contributed by atoms with Crippen molar-refractivity contribution in [2.45, 2.75) is 62.9 Å². The number of fused-ring (bicyclic) bond motifs is 3. The highest BCUT2D eigenvalue weighted by atomic mass is 19.1. The zero-order valence-corrected chi connectivity index (χ0v) is 20.3. The zero-order valence-electron chi connectivity index (χ0n) is 20.3. The van der Waals surface area contributed by atoms with Crippen molar-refractivity contribution in [2.24, 2.45) is 23.2 Å². The van der Waals surface area contributed by atoms with E-state index in [2.05, 4.69) is 4.98 Å². The molecule has 36 heavy (non-hydrogen) atoms. The summed E-state index contributed by atoms with van der Waals surface area (Å²) in [6, 6.07) is 14.7. The largest absolute Gasteiger partial charge is 0.392 e. The summed E-state index contributed by atoms with van der Waals surface area (Å²) >= 11 is 0. The maximum absolute atomic E-state index is 15.0. The Morgan fingerprint density at radius 2 is 1.81 bits per heavy atom. The molecular weight excluding hydrogens is 455 g/mol. The molecule has 4 aliphatic carbocycles. The van der Waals surface area contributed by atoms with Gasteiger partial charge in [0.2, 0.25) is 0 Å². The smallest absolute Gasteiger partial charge is 0.129 e. The Hall–Kier alpha value is -2.54. The van der Waals surface area contributed by atoms with Gasteiger partial charge in [0.25, 0.3) is 0 Å². The molecular formula is C30H33FN2O3. The molecule has 6 heteroatoms. The van der Waals surface area contributed by atoms with Crippen LogP contribution in [-0.2, 0) is 4.74 Å². The molecule has 188 valence electrons. The summed E-state index contributed by atoms with van der Waals surface area (Å²) in [6.45, 7) is 0.309. The first-order valence-electron chi connectivity index (χ1n) is 13.4. The van der Waals surface area contributed by atoms with E-state index in [1.807, 2.05) is 41.0 Å². The number of hydrogen-bond acceptors (Lipinski definition) is 4. The summed E-state index contributed by atoms with van der Waals surface area (Å²) in [7, 11) is 0. The normalized spacial score (nSPS) is 33.4. The molecule has 0 spiro atoms. The molecule has 0 amide bonds. The number of ether oxygens (including phenoxy) is 1. The van der Waals surface area contributed by atoms with Crippen molar-refractivity contribution in [1.82, 2.24) is 9.55 Å². The minimum absolute atomic E-state index is 0.136. The van der Waals surface area contributed by atoms with Crippen LogP contribution >= 0.6 is 0 Å². The van der Waals surface area contributed by atoms with Gasteiger partial charge in [0.05, 0.1) is 43.1 Å². The summed E-state index contributed by atoms with van der Waals surface area (Å²) in [5.74, 6) is 1.23. The molecule has 0 radical (unpaired) electrons. The molecule has 5 nitrogen and oxygen atoms in total. The molecule has 4 bridgehead atoms. The van der Waals surface area contributed by atoms with E-state index >= 15 is 0 Å². The summed E-state index contributed by atoms with van der Waals surface area (Å²) in [6.07, 6.45) is 8.31. The van der Waals surface area contributed by atoms with E-state index in [0.29, 0.717) is 36.3 Å². The number of imidazole rings is 1. The van der Waals surface area contributed by atoms with E-state index in [1.54, 1.807) is 18.6 Å². The third-order valence-electron chi connectivity index (χ3n) is 9.68. The third kappa shape index (κ3) is 3.49. The van der Waals surface area contributed by atoms with Crippen LogP contribution in [0.25, 0.3) is 11.3 Å². The Morgan fingerprint density at radius 1 is 1.03 bits per heavy atom. The van der Waals surface area contributed by atoms with Crippen molar-refractivity contribution >= 4 is 0 Å². The summed E-state index contributed by atoms with van der Waals surface area (Å²) in [4.78, 5) is 4.31. The SMILES string of the molecule is OC(COC1C2CC3CC1CC(C(O)CC1c4c(F)cccc4-c4cncn41)(C3)C2)c1ccccc1. The maximum Gasteiger partial charge on any atom is 0.129 e. The van der Waals surface area contributed by atoms with Gasteiger partial charge < -0.3 is 19.5 Å². The van der Waals surface area contributed by atoms with Gasteiger partial charge in [-0.25, -0.2) is 9.37 Å². The Bertz CT molecular complexity index is 1240. The molecule has 8 rings (SSSR count). The molecule has 2 aromatic carbocycles. The van der Waals surface area contributed by atoms with Gasteiger partial charge >= 0.3 is 0 Å². The van der Waals surface area contributed by atoms with Gasteiger partial charge in [-0.15, -0.1) is 0 Å². The predicted octanol–water partition coefficient (Wildman–Crippen LogP) is 5.29. The Labute approximate surface area is 211 Å². The number of aliphatic hydroxyl groups is 2. The highest BCUT2D eigenvalue weighted by molar-refractivity contribution is 5.69. The number of rotatable bonds is 7. The quantitative estimate of drug-likeness (QED) is 0.474. The molecule has 4 saturated carbocycles. The van der Waals surface area contributed by atoms with E-state index in [0.717, 1.165) is 48.9 Å². The minimum Gasteiger partial charge on any atom is -0.392 e. The van der Waals surface area contributed by atoms with E-state index in [4.69, 9.17) is 4.74 Å². The minimum atomic E-state index is -0.621. The van der Waals surface area contributed by atoms with Gasteiger partial charge in [0.15, 0.2) is 0 Å². The average Bonchev–Trinajstić information content (AvgIpc) is 3.47. The van der Waals surface area contributed by atoms with Crippen molar-refractivity contribution in [3.05, 3.63) is 78.0 Å². The predicted molar refractivity (Wildman–Crippen MR) is 134 cm³/mol. The van der Waals surface area contributed by atoms with E-state index in [-0.39, 0.29) is 23.4 Å². The van der Waals surface area contributed by atoms with Crippen LogP contribution in [0.15, 0.2) is 61.1 Å². The van der Waals surface area contributed by atoms with E-state index in [9.17, 15) is 14.6 Å². The fraction of sp³-hybridized carbons (Fsp3) is 0.500. The molecule has 0 saturated heterocycles. The Morgan fingerprint density at radius 3 is 2.58 bits per heavy atom. The number of aliphatic hydroxyl groups excluding tert-OH is 2. The molecule has 1 aromatic heterocycles. The molecule has 5 aliphatic rings. The van der Waals surface area contributed by atoms with Gasteiger partial charge in [-0.05, 0) is 73.3 Å². The lowest BCUT2D eigenvalue weighted by Crippen LogP contribution is -2.58. The molecule has 4 fully saturated rings. The number of hydrogen-bond donors (Lipinski definition) is 2. The lowest BCUT2D eigenvalue weighted by molar-refractivity contribution is -0.195. The van der Waals surface area contributed by atoms with Crippen molar-refractivity contribution < 1.29 is 19.3 Å². The summed E-state index contributed by atoms with van der Waals surface area (Å²) < 4.78 is 23.4. The summed E-state index contributed by atoms with van der Waals surface area (Å²) in [5, 5.41) is 22.4. The lowest BCUT2D eigenvalue weighted by Gasteiger charge is -2.61. The van der Waals surface area contributed by atoms with Crippen molar-refractivity contribution in [1.29, 1.82) is 0 Å². The fourth-order valence-corrected chi connectivity index (χ4v) is 8.39. The second kappa shape index (κ2) is 8.51. The second-order valence-electron chi connectivity index (χ2n) is 11.7. The first-order valence-corrected chi connectivity index (χ1v) is 13.4. The fourth-order valence-electron chi connectivity index (χ4n) is 8.39. The molecule has 3 aromatic rings. The second-order valence-corrected chi connectivity index (χ2v) is 11.7. The summed E-state index contributed by atoms with van der Waals surface area (Å²) in [5.41, 5.74) is 3.26. The van der Waals surface area contributed by atoms with Crippen LogP contribution in [-0.4, -0.2) is 38.6 Å². The van der Waals surface area contributed by atoms with Gasteiger partial charge in [-0.3, -0.25) is 0 Å². The van der Waals surface area contributed by atoms with Gasteiger partial charge in [0, 0.05) is 11.1 Å². The number of benzene rings is 2. The van der Waals surface area contributed by atoms with Gasteiger partial charge in [-0.2, -0.15) is 0 Å². The van der Waals surface area contributed by atoms with Gasteiger partial charge in [0.1, 0.15) is 11.9 Å². The van der Waals surface area contributed by atoms with Crippen molar-refractivity contribution in [2.75, 3.05) is 6.61 Å². The monoisotopic (exact) mass is 488 g/mol. The van der Waals surface area contributed by atoms with Crippen LogP contribution in [0.4, 0.5) is 4.39 Å². The first-order chi connectivity index (χ1) is 17.5. The van der Waals surface area contributed by atoms with Crippen molar-refractivity contribution in [3.63, 3.8) is 0 Å². The average molecular weight is 489 g/mol. The Balaban J connectivity index is 1.08. The lowest BCUT2D eigenvalue weighted by atomic mass is 9.46. The zero-order chi connectivity index (χ0) is 24.4. The number of nitrogens with zero attached hydrogens (tertiary/aromatic N) is 2. The Kier molecular flexibility index (Phi) is 5.35. The van der Waals surface area contributed by atoms with Crippen LogP contribution < -0.4 is 0 Å². The molecule has 1 aliphatic heterocycles. The maximum atomic E-state index is 15.0. The number of halogens is 1. The van der Waals surface area contributed by atoms with Crippen LogP contribution in [0.3, 0.4) is 0 Å². The highest BCUT2D eigenvalue weighted by Crippen LogP contribution is 2.63. The van der Waals surface area contributed by atoms with Crippen molar-refractivity contribution in [3.8, 4) is 11.3 Å². The van der Waals surface area contributed by atoms with Crippen LogP contribution in [0, 0.1) is 29.0 Å². The molecule has 5 atom stereocenters. The number of aromatic nitrogens is 2. The first kappa shape index (κ1) is 22.6. The van der Waals surface area contributed by atoms with Crippen LogP contribution in [0.1, 0.15) is 61.8 Å². The third-order valence-corrected chi connectivity index (χ3v) is 9.68. The van der Waals surface area contributed by atoms with E-state index in [1.165, 1.54) is 6.07 Å². The molecule has 2 N–H and O–H groups in total.